The van der Waals surface area contributed by atoms with Crippen molar-refractivity contribution in [3.8, 4) is 0 Å². The number of benzene rings is 1. The minimum atomic E-state index is 0.695. The van der Waals surface area contributed by atoms with Crippen LogP contribution in [0.1, 0.15) is 17.4 Å². The topological polar surface area (TPSA) is 0 Å². The Morgan fingerprint density at radius 1 is 1.29 bits per heavy atom. The minimum absolute atomic E-state index is 0.695. The molecule has 1 aliphatic carbocycles. The van der Waals surface area contributed by atoms with Crippen LogP contribution in [-0.4, -0.2) is 0 Å². The standard InChI is InChI=1S/C13H12S/c1-9-6-7-13-11(8-9)10-4-2-3-5-12(10)14-13/h2-7,9H,8H2,1H3. The van der Waals surface area contributed by atoms with E-state index in [0.29, 0.717) is 5.92 Å². The smallest absolute Gasteiger partial charge is 0.0352 e. The molecule has 14 heavy (non-hydrogen) atoms. The van der Waals surface area contributed by atoms with Crippen molar-refractivity contribution in [3.63, 3.8) is 0 Å². The average Bonchev–Trinajstić information content (AvgIpc) is 2.56. The summed E-state index contributed by atoms with van der Waals surface area (Å²) in [5, 5.41) is 1.46. The molecule has 0 bridgehead atoms. The summed E-state index contributed by atoms with van der Waals surface area (Å²) in [5.41, 5.74) is 1.56. The first kappa shape index (κ1) is 8.25. The lowest BCUT2D eigenvalue weighted by molar-refractivity contribution is 0.724. The van der Waals surface area contributed by atoms with Crippen LogP contribution in [0.5, 0.6) is 0 Å². The van der Waals surface area contributed by atoms with Gasteiger partial charge in [-0.2, -0.15) is 0 Å². The zero-order valence-corrected chi connectivity index (χ0v) is 8.97. The molecule has 0 amide bonds. The SMILES string of the molecule is CC1C=Cc2sc3ccccc3c2C1. The summed E-state index contributed by atoms with van der Waals surface area (Å²) in [6.45, 7) is 2.28. The third-order valence-corrected chi connectivity index (χ3v) is 4.01. The van der Waals surface area contributed by atoms with Gasteiger partial charge in [0.1, 0.15) is 0 Å². The van der Waals surface area contributed by atoms with Gasteiger partial charge in [0.2, 0.25) is 0 Å². The van der Waals surface area contributed by atoms with Gasteiger partial charge in [-0.15, -0.1) is 11.3 Å². The van der Waals surface area contributed by atoms with Crippen molar-refractivity contribution in [1.29, 1.82) is 0 Å². The molecule has 0 spiro atoms. The van der Waals surface area contributed by atoms with Crippen LogP contribution in [0.25, 0.3) is 16.2 Å². The molecule has 1 aromatic heterocycles. The molecule has 0 aliphatic heterocycles. The van der Waals surface area contributed by atoms with E-state index in [1.165, 1.54) is 21.4 Å². The van der Waals surface area contributed by atoms with Gasteiger partial charge in [-0.3, -0.25) is 0 Å². The van der Waals surface area contributed by atoms with Crippen molar-refractivity contribution >= 4 is 27.5 Å². The van der Waals surface area contributed by atoms with Crippen LogP contribution in [0.15, 0.2) is 30.3 Å². The van der Waals surface area contributed by atoms with E-state index < -0.39 is 0 Å². The molecule has 2 aromatic rings. The maximum Gasteiger partial charge on any atom is 0.0352 e. The van der Waals surface area contributed by atoms with Gasteiger partial charge in [-0.25, -0.2) is 0 Å². The van der Waals surface area contributed by atoms with Crippen molar-refractivity contribution in [2.24, 2.45) is 5.92 Å². The summed E-state index contributed by atoms with van der Waals surface area (Å²) in [6.07, 6.45) is 5.81. The molecule has 1 aromatic carbocycles. The van der Waals surface area contributed by atoms with E-state index in [2.05, 4.69) is 43.3 Å². The normalized spacial score (nSPS) is 19.9. The quantitative estimate of drug-likeness (QED) is 0.600. The summed E-state index contributed by atoms with van der Waals surface area (Å²) in [5.74, 6) is 0.695. The summed E-state index contributed by atoms with van der Waals surface area (Å²) in [7, 11) is 0. The zero-order valence-electron chi connectivity index (χ0n) is 8.16. The molecule has 1 atom stereocenters. The number of thiophene rings is 1. The molecule has 0 saturated carbocycles. The Labute approximate surface area is 87.9 Å². The number of fused-ring (bicyclic) bond motifs is 3. The summed E-state index contributed by atoms with van der Waals surface area (Å²) >= 11 is 1.91. The van der Waals surface area contributed by atoms with Gasteiger partial charge >= 0.3 is 0 Å². The second kappa shape index (κ2) is 2.96. The van der Waals surface area contributed by atoms with Crippen LogP contribution >= 0.6 is 11.3 Å². The highest BCUT2D eigenvalue weighted by atomic mass is 32.1. The Kier molecular flexibility index (Phi) is 1.74. The van der Waals surface area contributed by atoms with E-state index in [1.54, 1.807) is 5.56 Å². The van der Waals surface area contributed by atoms with Crippen LogP contribution in [0.4, 0.5) is 0 Å². The molecular weight excluding hydrogens is 188 g/mol. The number of allylic oxidation sites excluding steroid dienone is 1. The molecule has 1 aliphatic rings. The Hall–Kier alpha value is -1.08. The highest BCUT2D eigenvalue weighted by Crippen LogP contribution is 2.36. The van der Waals surface area contributed by atoms with Gasteiger partial charge in [-0.05, 0) is 35.4 Å². The van der Waals surface area contributed by atoms with Crippen molar-refractivity contribution in [2.45, 2.75) is 13.3 Å². The molecule has 0 nitrogen and oxygen atoms in total. The maximum atomic E-state index is 2.32. The molecule has 1 heteroatoms. The number of hydrogen-bond acceptors (Lipinski definition) is 1. The van der Waals surface area contributed by atoms with Crippen LogP contribution in [0.2, 0.25) is 0 Å². The second-order valence-electron chi connectivity index (χ2n) is 3.98. The third kappa shape index (κ3) is 1.12. The van der Waals surface area contributed by atoms with E-state index in [9.17, 15) is 0 Å². The first-order valence-electron chi connectivity index (χ1n) is 5.03. The average molecular weight is 200 g/mol. The second-order valence-corrected chi connectivity index (χ2v) is 5.07. The number of rotatable bonds is 0. The third-order valence-electron chi connectivity index (χ3n) is 2.83. The highest BCUT2D eigenvalue weighted by Gasteiger charge is 2.15. The molecule has 1 heterocycles. The molecule has 0 saturated heterocycles. The van der Waals surface area contributed by atoms with Crippen LogP contribution < -0.4 is 0 Å². The Morgan fingerprint density at radius 3 is 3.07 bits per heavy atom. The van der Waals surface area contributed by atoms with E-state index in [4.69, 9.17) is 0 Å². The van der Waals surface area contributed by atoms with Gasteiger partial charge < -0.3 is 0 Å². The van der Waals surface area contributed by atoms with Gasteiger partial charge in [0.25, 0.3) is 0 Å². The van der Waals surface area contributed by atoms with E-state index in [-0.39, 0.29) is 0 Å². The van der Waals surface area contributed by atoms with Crippen LogP contribution in [-0.2, 0) is 6.42 Å². The van der Waals surface area contributed by atoms with Gasteiger partial charge in [0.15, 0.2) is 0 Å². The summed E-state index contributed by atoms with van der Waals surface area (Å²) < 4.78 is 1.43. The molecule has 0 radical (unpaired) electrons. The minimum Gasteiger partial charge on any atom is -0.136 e. The van der Waals surface area contributed by atoms with Crippen molar-refractivity contribution in [2.75, 3.05) is 0 Å². The fourth-order valence-corrected chi connectivity index (χ4v) is 3.25. The van der Waals surface area contributed by atoms with Gasteiger partial charge in [-0.1, -0.05) is 31.2 Å². The highest BCUT2D eigenvalue weighted by molar-refractivity contribution is 7.20. The van der Waals surface area contributed by atoms with Crippen molar-refractivity contribution in [3.05, 3.63) is 40.8 Å². The fraction of sp³-hybridized carbons (Fsp3) is 0.231. The molecule has 0 N–H and O–H groups in total. The van der Waals surface area contributed by atoms with Crippen molar-refractivity contribution in [1.82, 2.24) is 0 Å². The number of hydrogen-bond donors (Lipinski definition) is 0. The lowest BCUT2D eigenvalue weighted by atomic mass is 9.94. The van der Waals surface area contributed by atoms with E-state index >= 15 is 0 Å². The Balaban J connectivity index is 2.32. The Morgan fingerprint density at radius 2 is 2.14 bits per heavy atom. The lowest BCUT2D eigenvalue weighted by Gasteiger charge is -2.11. The summed E-state index contributed by atoms with van der Waals surface area (Å²) in [6, 6.07) is 8.73. The molecule has 1 unspecified atom stereocenters. The summed E-state index contributed by atoms with van der Waals surface area (Å²) in [4.78, 5) is 1.46. The predicted molar refractivity (Wildman–Crippen MR) is 63.7 cm³/mol. The zero-order chi connectivity index (χ0) is 9.54. The molecule has 70 valence electrons. The van der Waals surface area contributed by atoms with Crippen molar-refractivity contribution < 1.29 is 0 Å². The first-order valence-corrected chi connectivity index (χ1v) is 5.85. The van der Waals surface area contributed by atoms with Crippen LogP contribution in [0, 0.1) is 5.92 Å². The fourth-order valence-electron chi connectivity index (χ4n) is 2.10. The van der Waals surface area contributed by atoms with E-state index in [0.717, 1.165) is 0 Å². The molecule has 0 fully saturated rings. The Bertz CT molecular complexity index is 505. The van der Waals surface area contributed by atoms with E-state index in [1.807, 2.05) is 11.3 Å². The van der Waals surface area contributed by atoms with Gasteiger partial charge in [0.05, 0.1) is 0 Å². The first-order chi connectivity index (χ1) is 6.84. The lowest BCUT2D eigenvalue weighted by Crippen LogP contribution is -2.00. The molecular formula is C13H12S. The predicted octanol–water partition coefficient (Wildman–Crippen LogP) is 4.11. The maximum absolute atomic E-state index is 2.32. The monoisotopic (exact) mass is 200 g/mol. The largest absolute Gasteiger partial charge is 0.136 e. The van der Waals surface area contributed by atoms with Gasteiger partial charge in [0, 0.05) is 9.58 Å². The van der Waals surface area contributed by atoms with Crippen LogP contribution in [0.3, 0.4) is 0 Å². The molecule has 3 rings (SSSR count).